The third-order valence-corrected chi connectivity index (χ3v) is 3.38. The fraction of sp³-hybridized carbons (Fsp3) is 0.111. The number of ether oxygens (including phenoxy) is 2. The molecule has 0 aliphatic heterocycles. The van der Waals surface area contributed by atoms with Gasteiger partial charge in [0.25, 0.3) is 5.91 Å². The predicted molar refractivity (Wildman–Crippen MR) is 96.6 cm³/mol. The minimum atomic E-state index is -0.271. The summed E-state index contributed by atoms with van der Waals surface area (Å²) in [5.74, 6) is 0.909. The van der Waals surface area contributed by atoms with Gasteiger partial charge in [-0.05, 0) is 42.0 Å². The van der Waals surface area contributed by atoms with Gasteiger partial charge in [-0.1, -0.05) is 12.1 Å². The molecule has 132 valence electrons. The van der Waals surface area contributed by atoms with Crippen molar-refractivity contribution in [1.29, 1.82) is 0 Å². The highest BCUT2D eigenvalue weighted by molar-refractivity contribution is 5.93. The molecule has 0 radical (unpaired) electrons. The molecule has 0 unspecified atom stereocenters. The highest BCUT2D eigenvalue weighted by Crippen LogP contribution is 2.22. The van der Waals surface area contributed by atoms with Crippen LogP contribution in [0.4, 0.5) is 5.69 Å². The molecule has 0 spiro atoms. The first-order valence-corrected chi connectivity index (χ1v) is 7.79. The standard InChI is InChI=1S/C18H17N5O3/c1-25-17-5-3-2-4-16(17)22-18(24)11-26-15-8-6-14(7-9-15)10-21-23-12-19-20-13-23/h2-10,12-13H,11H2,1H3,(H,22,24)/b21-10-. The van der Waals surface area contributed by atoms with Crippen LogP contribution in [0.2, 0.25) is 0 Å². The third kappa shape index (κ3) is 4.67. The molecule has 3 aromatic rings. The quantitative estimate of drug-likeness (QED) is 0.659. The summed E-state index contributed by atoms with van der Waals surface area (Å²) in [6, 6.07) is 14.4. The van der Waals surface area contributed by atoms with E-state index in [-0.39, 0.29) is 12.5 Å². The van der Waals surface area contributed by atoms with E-state index in [4.69, 9.17) is 9.47 Å². The number of carbonyl (C=O) groups excluding carboxylic acids is 1. The van der Waals surface area contributed by atoms with Crippen molar-refractivity contribution in [3.8, 4) is 11.5 Å². The Bertz CT molecular complexity index is 876. The Kier molecular flexibility index (Phi) is 5.56. The topological polar surface area (TPSA) is 90.6 Å². The molecule has 2 aromatic carbocycles. The summed E-state index contributed by atoms with van der Waals surface area (Å²) >= 11 is 0. The monoisotopic (exact) mass is 351 g/mol. The van der Waals surface area contributed by atoms with Gasteiger partial charge in [-0.15, -0.1) is 10.2 Å². The molecular formula is C18H17N5O3. The van der Waals surface area contributed by atoms with Gasteiger partial charge in [0.05, 0.1) is 19.0 Å². The van der Waals surface area contributed by atoms with Crippen molar-refractivity contribution in [2.24, 2.45) is 5.10 Å². The fourth-order valence-corrected chi connectivity index (χ4v) is 2.12. The summed E-state index contributed by atoms with van der Waals surface area (Å²) < 4.78 is 12.2. The third-order valence-electron chi connectivity index (χ3n) is 3.38. The minimum absolute atomic E-state index is 0.105. The largest absolute Gasteiger partial charge is 0.495 e. The van der Waals surface area contributed by atoms with E-state index in [1.165, 1.54) is 17.3 Å². The maximum atomic E-state index is 12.0. The van der Waals surface area contributed by atoms with E-state index in [0.717, 1.165) is 5.56 Å². The Balaban J connectivity index is 1.52. The molecule has 1 heterocycles. The van der Waals surface area contributed by atoms with E-state index >= 15 is 0 Å². The molecule has 0 bridgehead atoms. The second-order valence-electron chi connectivity index (χ2n) is 5.19. The number of para-hydroxylation sites is 2. The van der Waals surface area contributed by atoms with E-state index in [1.807, 2.05) is 24.3 Å². The fourth-order valence-electron chi connectivity index (χ4n) is 2.12. The lowest BCUT2D eigenvalue weighted by Gasteiger charge is -2.10. The number of aromatic nitrogens is 3. The first-order valence-electron chi connectivity index (χ1n) is 7.79. The van der Waals surface area contributed by atoms with Crippen LogP contribution in [0, 0.1) is 0 Å². The van der Waals surface area contributed by atoms with Crippen LogP contribution in [-0.2, 0) is 4.79 Å². The smallest absolute Gasteiger partial charge is 0.262 e. The molecule has 0 aliphatic rings. The number of hydrogen-bond donors (Lipinski definition) is 1. The summed E-state index contributed by atoms with van der Waals surface area (Å²) in [4.78, 5) is 12.0. The molecule has 1 amide bonds. The molecule has 26 heavy (non-hydrogen) atoms. The zero-order valence-corrected chi connectivity index (χ0v) is 14.1. The van der Waals surface area contributed by atoms with Crippen LogP contribution in [0.15, 0.2) is 66.3 Å². The number of nitrogens with one attached hydrogen (secondary N) is 1. The first kappa shape index (κ1) is 17.2. The van der Waals surface area contributed by atoms with Crippen LogP contribution < -0.4 is 14.8 Å². The number of nitrogens with zero attached hydrogens (tertiary/aromatic N) is 4. The molecule has 0 aliphatic carbocycles. The lowest BCUT2D eigenvalue weighted by Crippen LogP contribution is -2.20. The maximum absolute atomic E-state index is 12.0. The zero-order valence-electron chi connectivity index (χ0n) is 14.1. The Hall–Kier alpha value is -3.68. The van der Waals surface area contributed by atoms with Gasteiger partial charge in [0, 0.05) is 0 Å². The summed E-state index contributed by atoms with van der Waals surface area (Å²) in [5, 5.41) is 14.2. The lowest BCUT2D eigenvalue weighted by molar-refractivity contribution is -0.118. The van der Waals surface area contributed by atoms with E-state index in [1.54, 1.807) is 37.6 Å². The molecule has 1 N–H and O–H groups in total. The Labute approximate surface area is 150 Å². The van der Waals surface area contributed by atoms with Gasteiger partial charge in [-0.2, -0.15) is 5.10 Å². The molecular weight excluding hydrogens is 334 g/mol. The van der Waals surface area contributed by atoms with Gasteiger partial charge >= 0.3 is 0 Å². The van der Waals surface area contributed by atoms with Crippen molar-refractivity contribution in [2.75, 3.05) is 19.0 Å². The van der Waals surface area contributed by atoms with Gasteiger partial charge in [0.2, 0.25) is 0 Å². The van der Waals surface area contributed by atoms with Crippen LogP contribution >= 0.6 is 0 Å². The van der Waals surface area contributed by atoms with Crippen LogP contribution in [0.25, 0.3) is 0 Å². The average Bonchev–Trinajstić information content (AvgIpc) is 3.19. The van der Waals surface area contributed by atoms with Crippen molar-refractivity contribution >= 4 is 17.8 Å². The molecule has 0 saturated carbocycles. The Morgan fingerprint density at radius 1 is 1.15 bits per heavy atom. The van der Waals surface area contributed by atoms with Crippen molar-refractivity contribution in [3.63, 3.8) is 0 Å². The van der Waals surface area contributed by atoms with Gasteiger partial charge in [0.15, 0.2) is 6.61 Å². The molecule has 3 rings (SSSR count). The molecule has 8 nitrogen and oxygen atoms in total. The number of amides is 1. The average molecular weight is 351 g/mol. The Morgan fingerprint density at radius 3 is 2.62 bits per heavy atom. The van der Waals surface area contributed by atoms with Crippen molar-refractivity contribution in [3.05, 3.63) is 66.7 Å². The number of anilines is 1. The molecule has 8 heteroatoms. The highest BCUT2D eigenvalue weighted by atomic mass is 16.5. The molecule has 1 aromatic heterocycles. The van der Waals surface area contributed by atoms with E-state index < -0.39 is 0 Å². The van der Waals surface area contributed by atoms with Crippen molar-refractivity contribution < 1.29 is 14.3 Å². The lowest BCUT2D eigenvalue weighted by atomic mass is 10.2. The minimum Gasteiger partial charge on any atom is -0.495 e. The normalized spacial score (nSPS) is 10.7. The Morgan fingerprint density at radius 2 is 1.88 bits per heavy atom. The predicted octanol–water partition coefficient (Wildman–Crippen LogP) is 2.19. The van der Waals surface area contributed by atoms with Gasteiger partial charge in [0.1, 0.15) is 24.2 Å². The number of benzene rings is 2. The molecule has 0 fully saturated rings. The van der Waals surface area contributed by atoms with E-state index in [0.29, 0.717) is 17.2 Å². The number of carbonyl (C=O) groups is 1. The summed E-state index contributed by atoms with van der Waals surface area (Å²) in [6.45, 7) is -0.105. The molecule has 0 saturated heterocycles. The summed E-state index contributed by atoms with van der Waals surface area (Å²) in [6.07, 6.45) is 4.66. The number of hydrogen-bond acceptors (Lipinski definition) is 6. The number of methoxy groups -OCH3 is 1. The van der Waals surface area contributed by atoms with E-state index in [2.05, 4.69) is 20.6 Å². The van der Waals surface area contributed by atoms with Crippen molar-refractivity contribution in [1.82, 2.24) is 14.9 Å². The summed E-state index contributed by atoms with van der Waals surface area (Å²) in [5.41, 5.74) is 1.48. The zero-order chi connectivity index (χ0) is 18.2. The van der Waals surface area contributed by atoms with Gasteiger partial charge < -0.3 is 14.8 Å². The van der Waals surface area contributed by atoms with Gasteiger partial charge in [-0.25, -0.2) is 4.68 Å². The second-order valence-corrected chi connectivity index (χ2v) is 5.19. The molecule has 0 atom stereocenters. The second kappa shape index (κ2) is 8.43. The maximum Gasteiger partial charge on any atom is 0.262 e. The van der Waals surface area contributed by atoms with E-state index in [9.17, 15) is 4.79 Å². The van der Waals surface area contributed by atoms with Crippen LogP contribution in [-0.4, -0.2) is 40.7 Å². The van der Waals surface area contributed by atoms with Crippen molar-refractivity contribution in [2.45, 2.75) is 0 Å². The summed E-state index contributed by atoms with van der Waals surface area (Å²) in [7, 11) is 1.55. The van der Waals surface area contributed by atoms with Crippen LogP contribution in [0.3, 0.4) is 0 Å². The first-order chi connectivity index (χ1) is 12.7. The number of rotatable bonds is 7. The highest BCUT2D eigenvalue weighted by Gasteiger charge is 2.07. The van der Waals surface area contributed by atoms with Crippen LogP contribution in [0.5, 0.6) is 11.5 Å². The SMILES string of the molecule is COc1ccccc1NC(=O)COc1ccc(/C=N\n2cnnc2)cc1. The van der Waals surface area contributed by atoms with Gasteiger partial charge in [-0.3, -0.25) is 4.79 Å². The van der Waals surface area contributed by atoms with Crippen LogP contribution in [0.1, 0.15) is 5.56 Å².